The third-order valence-corrected chi connectivity index (χ3v) is 2.65. The lowest BCUT2D eigenvalue weighted by Gasteiger charge is -2.14. The van der Waals surface area contributed by atoms with Crippen molar-refractivity contribution in [3.05, 3.63) is 34.9 Å². The van der Waals surface area contributed by atoms with Crippen LogP contribution in [0.4, 0.5) is 0 Å². The molecule has 0 saturated carbocycles. The lowest BCUT2D eigenvalue weighted by Crippen LogP contribution is -2.19. The second-order valence-corrected chi connectivity index (χ2v) is 3.94. The largest absolute Gasteiger partial charge is 0.328 e. The van der Waals surface area contributed by atoms with Crippen molar-refractivity contribution < 1.29 is 0 Å². The fraction of sp³-hybridized carbons (Fsp3) is 0.538. The molecule has 1 nitrogen and oxygen atoms in total. The van der Waals surface area contributed by atoms with E-state index in [1.165, 1.54) is 16.7 Å². The fourth-order valence-electron chi connectivity index (χ4n) is 2.01. The van der Waals surface area contributed by atoms with E-state index < -0.39 is 0 Å². The Morgan fingerprint density at radius 1 is 1.14 bits per heavy atom. The Hall–Kier alpha value is -0.820. The Morgan fingerprint density at radius 2 is 1.79 bits per heavy atom. The van der Waals surface area contributed by atoms with E-state index in [-0.39, 0.29) is 6.04 Å². The van der Waals surface area contributed by atoms with Gasteiger partial charge in [-0.05, 0) is 42.9 Å². The molecule has 1 heteroatoms. The van der Waals surface area contributed by atoms with Gasteiger partial charge in [0.05, 0.1) is 0 Å². The summed E-state index contributed by atoms with van der Waals surface area (Å²) < 4.78 is 0. The molecule has 0 aliphatic carbocycles. The summed E-state index contributed by atoms with van der Waals surface area (Å²) in [6, 6.07) is 6.84. The first-order valence-electron chi connectivity index (χ1n) is 5.54. The van der Waals surface area contributed by atoms with Gasteiger partial charge in [-0.25, -0.2) is 0 Å². The van der Waals surface area contributed by atoms with Crippen LogP contribution < -0.4 is 5.73 Å². The molecular weight excluding hydrogens is 170 g/mol. The molecule has 0 spiro atoms. The minimum atomic E-state index is 0.257. The van der Waals surface area contributed by atoms with Gasteiger partial charge in [0, 0.05) is 6.04 Å². The maximum atomic E-state index is 5.84. The summed E-state index contributed by atoms with van der Waals surface area (Å²) in [6.07, 6.45) is 3.24. The Labute approximate surface area is 87.3 Å². The van der Waals surface area contributed by atoms with Crippen LogP contribution in [0, 0.1) is 0 Å². The van der Waals surface area contributed by atoms with Crippen molar-refractivity contribution in [2.45, 2.75) is 46.1 Å². The van der Waals surface area contributed by atoms with Crippen LogP contribution in [0.1, 0.15) is 37.5 Å². The van der Waals surface area contributed by atoms with Gasteiger partial charge in [0.2, 0.25) is 0 Å². The number of hydrogen-bond acceptors (Lipinski definition) is 1. The number of aryl methyl sites for hydroxylation is 1. The second kappa shape index (κ2) is 5.16. The van der Waals surface area contributed by atoms with Crippen molar-refractivity contribution >= 4 is 0 Å². The van der Waals surface area contributed by atoms with Crippen molar-refractivity contribution in [3.63, 3.8) is 0 Å². The molecule has 14 heavy (non-hydrogen) atoms. The summed E-state index contributed by atoms with van der Waals surface area (Å²) in [5, 5.41) is 0. The van der Waals surface area contributed by atoms with Crippen LogP contribution in [0.2, 0.25) is 0 Å². The van der Waals surface area contributed by atoms with Crippen molar-refractivity contribution in [1.82, 2.24) is 0 Å². The minimum Gasteiger partial charge on any atom is -0.328 e. The average Bonchev–Trinajstić information content (AvgIpc) is 2.16. The van der Waals surface area contributed by atoms with Crippen molar-refractivity contribution in [2.24, 2.45) is 5.73 Å². The highest BCUT2D eigenvalue weighted by Gasteiger charge is 2.06. The maximum absolute atomic E-state index is 5.84. The Morgan fingerprint density at radius 3 is 2.29 bits per heavy atom. The lowest BCUT2D eigenvalue weighted by molar-refractivity contribution is 0.730. The quantitative estimate of drug-likeness (QED) is 0.778. The first kappa shape index (κ1) is 11.3. The van der Waals surface area contributed by atoms with Crippen molar-refractivity contribution in [2.75, 3.05) is 0 Å². The number of benzene rings is 1. The average molecular weight is 191 g/mol. The third-order valence-electron chi connectivity index (χ3n) is 2.65. The molecule has 0 aromatic heterocycles. The predicted octanol–water partition coefficient (Wildman–Crippen LogP) is 2.70. The molecule has 0 unspecified atom stereocenters. The minimum absolute atomic E-state index is 0.257. The van der Waals surface area contributed by atoms with Crippen molar-refractivity contribution in [3.8, 4) is 0 Å². The molecule has 0 bridgehead atoms. The van der Waals surface area contributed by atoms with Crippen molar-refractivity contribution in [1.29, 1.82) is 0 Å². The molecule has 0 aliphatic heterocycles. The molecule has 1 rings (SSSR count). The van der Waals surface area contributed by atoms with Crippen LogP contribution in [0.15, 0.2) is 18.2 Å². The molecule has 0 saturated heterocycles. The van der Waals surface area contributed by atoms with Crippen LogP contribution in [0.5, 0.6) is 0 Å². The van der Waals surface area contributed by atoms with Gasteiger partial charge in [0.25, 0.3) is 0 Å². The summed E-state index contributed by atoms with van der Waals surface area (Å²) in [4.78, 5) is 0. The van der Waals surface area contributed by atoms with Crippen LogP contribution in [0.3, 0.4) is 0 Å². The van der Waals surface area contributed by atoms with E-state index in [0.29, 0.717) is 0 Å². The molecule has 0 aliphatic rings. The van der Waals surface area contributed by atoms with Gasteiger partial charge in [-0.3, -0.25) is 0 Å². The van der Waals surface area contributed by atoms with Gasteiger partial charge in [0.15, 0.2) is 0 Å². The molecule has 0 amide bonds. The van der Waals surface area contributed by atoms with Gasteiger partial charge in [-0.2, -0.15) is 0 Å². The Bertz CT molecular complexity index is 289. The third kappa shape index (κ3) is 2.58. The molecule has 78 valence electrons. The summed E-state index contributed by atoms with van der Waals surface area (Å²) in [5.74, 6) is 0. The van der Waals surface area contributed by atoms with E-state index in [0.717, 1.165) is 19.3 Å². The number of nitrogens with two attached hydrogens (primary N) is 1. The normalized spacial score (nSPS) is 12.9. The highest BCUT2D eigenvalue weighted by Crippen LogP contribution is 2.17. The maximum Gasteiger partial charge on any atom is 0.00510 e. The van der Waals surface area contributed by atoms with Gasteiger partial charge < -0.3 is 5.73 Å². The van der Waals surface area contributed by atoms with Crippen LogP contribution >= 0.6 is 0 Å². The molecule has 0 radical (unpaired) electrons. The van der Waals surface area contributed by atoms with Gasteiger partial charge in [-0.15, -0.1) is 0 Å². The predicted molar refractivity (Wildman–Crippen MR) is 62.6 cm³/mol. The molecule has 0 fully saturated rings. The van der Waals surface area contributed by atoms with E-state index in [9.17, 15) is 0 Å². The standard InChI is InChI=1S/C13H21N/c1-4-11-7-6-8-12(9-10(3)14)13(11)5-2/h6-8,10H,4-5,9,14H2,1-3H3/t10-/m1/s1. The molecule has 1 aromatic carbocycles. The monoisotopic (exact) mass is 191 g/mol. The lowest BCUT2D eigenvalue weighted by atomic mass is 9.94. The Kier molecular flexibility index (Phi) is 4.15. The highest BCUT2D eigenvalue weighted by molar-refractivity contribution is 5.35. The zero-order valence-electron chi connectivity index (χ0n) is 9.51. The van der Waals surface area contributed by atoms with Crippen LogP contribution in [-0.4, -0.2) is 6.04 Å². The van der Waals surface area contributed by atoms with E-state index in [2.05, 4.69) is 39.0 Å². The highest BCUT2D eigenvalue weighted by atomic mass is 14.6. The number of hydrogen-bond donors (Lipinski definition) is 1. The zero-order chi connectivity index (χ0) is 10.6. The first-order chi connectivity index (χ1) is 6.69. The van der Waals surface area contributed by atoms with E-state index in [4.69, 9.17) is 5.73 Å². The second-order valence-electron chi connectivity index (χ2n) is 3.94. The van der Waals surface area contributed by atoms with Crippen LogP contribution in [-0.2, 0) is 19.3 Å². The summed E-state index contributed by atoms with van der Waals surface area (Å²) >= 11 is 0. The number of rotatable bonds is 4. The SMILES string of the molecule is CCc1cccc(C[C@@H](C)N)c1CC. The molecular formula is C13H21N. The first-order valence-corrected chi connectivity index (χ1v) is 5.54. The fourth-order valence-corrected chi connectivity index (χ4v) is 2.01. The van der Waals surface area contributed by atoms with Gasteiger partial charge in [-0.1, -0.05) is 32.0 Å². The van der Waals surface area contributed by atoms with E-state index in [1.807, 2.05) is 0 Å². The summed E-state index contributed by atoms with van der Waals surface area (Å²) in [5.41, 5.74) is 10.3. The van der Waals surface area contributed by atoms with Gasteiger partial charge >= 0.3 is 0 Å². The molecule has 1 atom stereocenters. The Balaban J connectivity index is 3.02. The summed E-state index contributed by atoms with van der Waals surface area (Å²) in [6.45, 7) is 6.50. The van der Waals surface area contributed by atoms with Gasteiger partial charge in [0.1, 0.15) is 0 Å². The molecule has 0 heterocycles. The summed E-state index contributed by atoms with van der Waals surface area (Å²) in [7, 11) is 0. The van der Waals surface area contributed by atoms with E-state index in [1.54, 1.807) is 0 Å². The zero-order valence-corrected chi connectivity index (χ0v) is 9.51. The smallest absolute Gasteiger partial charge is 0.00510 e. The van der Waals surface area contributed by atoms with Crippen LogP contribution in [0.25, 0.3) is 0 Å². The molecule has 1 aromatic rings. The topological polar surface area (TPSA) is 26.0 Å². The van der Waals surface area contributed by atoms with E-state index >= 15 is 0 Å². The molecule has 2 N–H and O–H groups in total.